The number of nitrogens with one attached hydrogen (secondary N) is 1. The number of aromatic nitrogens is 1. The summed E-state index contributed by atoms with van der Waals surface area (Å²) in [6.45, 7) is 6.57. The quantitative estimate of drug-likeness (QED) is 0.879. The van der Waals surface area contributed by atoms with Crippen LogP contribution in [0, 0.1) is 0 Å². The van der Waals surface area contributed by atoms with Gasteiger partial charge in [-0.1, -0.05) is 24.3 Å². The molecule has 1 atom stereocenters. The Bertz CT molecular complexity index is 750. The number of benzene rings is 1. The molecule has 0 spiro atoms. The molecule has 1 aromatic heterocycles. The number of pyridine rings is 1. The van der Waals surface area contributed by atoms with Crippen molar-refractivity contribution < 1.29 is 9.53 Å². The number of carbonyl (C=O) groups excluding carboxylic acids is 1. The van der Waals surface area contributed by atoms with Crippen molar-refractivity contribution in [1.82, 2.24) is 14.8 Å². The molecular weight excluding hydrogens is 354 g/mol. The van der Waals surface area contributed by atoms with Gasteiger partial charge in [-0.3, -0.25) is 4.90 Å². The number of morpholine rings is 1. The highest BCUT2D eigenvalue weighted by Crippen LogP contribution is 2.15. The van der Waals surface area contributed by atoms with Crippen molar-refractivity contribution in [2.24, 2.45) is 0 Å². The number of rotatable bonds is 4. The molecule has 2 aromatic rings. The molecular formula is C21H27N5O2. The maximum absolute atomic E-state index is 12.5. The molecule has 7 nitrogen and oxygen atoms in total. The van der Waals surface area contributed by atoms with Crippen LogP contribution in [-0.4, -0.2) is 79.3 Å². The third-order valence-corrected chi connectivity index (χ3v) is 5.26. The molecule has 2 saturated heterocycles. The molecule has 0 unspecified atom stereocenters. The first kappa shape index (κ1) is 18.7. The summed E-state index contributed by atoms with van der Waals surface area (Å²) >= 11 is 0. The minimum atomic E-state index is -0.0560. The normalized spacial score (nSPS) is 20.8. The highest BCUT2D eigenvalue weighted by molar-refractivity contribution is 5.89. The maximum atomic E-state index is 12.5. The Balaban J connectivity index is 1.25. The van der Waals surface area contributed by atoms with Crippen LogP contribution >= 0.6 is 0 Å². The maximum Gasteiger partial charge on any atom is 0.322 e. The second-order valence-corrected chi connectivity index (χ2v) is 7.21. The fourth-order valence-electron chi connectivity index (χ4n) is 3.73. The standard InChI is InChI=1S/C21H27N5O2/c27-21(23-18-6-2-1-3-7-18)26-14-15-28-19(17-26)16-24-10-12-25(13-11-24)20-8-4-5-9-22-20/h1-9,19H,10-17H2,(H,23,27)/t19-/m1/s1. The summed E-state index contributed by atoms with van der Waals surface area (Å²) in [7, 11) is 0. The van der Waals surface area contributed by atoms with E-state index in [2.05, 4.69) is 26.2 Å². The van der Waals surface area contributed by atoms with Gasteiger partial charge in [-0.25, -0.2) is 9.78 Å². The zero-order chi connectivity index (χ0) is 19.2. The minimum Gasteiger partial charge on any atom is -0.373 e. The molecule has 2 aliphatic heterocycles. The molecule has 0 radical (unpaired) electrons. The fraction of sp³-hybridized carbons (Fsp3) is 0.429. The lowest BCUT2D eigenvalue weighted by Crippen LogP contribution is -2.54. The first-order valence-corrected chi connectivity index (χ1v) is 9.89. The second kappa shape index (κ2) is 9.03. The van der Waals surface area contributed by atoms with Gasteiger partial charge in [0.25, 0.3) is 0 Å². The molecule has 2 fully saturated rings. The van der Waals surface area contributed by atoms with E-state index in [-0.39, 0.29) is 12.1 Å². The average molecular weight is 381 g/mol. The van der Waals surface area contributed by atoms with E-state index in [0.29, 0.717) is 19.7 Å². The molecule has 2 amide bonds. The van der Waals surface area contributed by atoms with E-state index in [1.54, 1.807) is 0 Å². The number of hydrogen-bond donors (Lipinski definition) is 1. The Labute approximate surface area is 165 Å². The van der Waals surface area contributed by atoms with Crippen LogP contribution in [0.3, 0.4) is 0 Å². The molecule has 28 heavy (non-hydrogen) atoms. The summed E-state index contributed by atoms with van der Waals surface area (Å²) in [4.78, 5) is 23.6. The summed E-state index contributed by atoms with van der Waals surface area (Å²) in [6, 6.07) is 15.6. The number of carbonyl (C=O) groups is 1. The smallest absolute Gasteiger partial charge is 0.322 e. The Morgan fingerprint density at radius 1 is 1.04 bits per heavy atom. The molecule has 1 N–H and O–H groups in total. The molecule has 1 aromatic carbocycles. The van der Waals surface area contributed by atoms with E-state index in [4.69, 9.17) is 4.74 Å². The van der Waals surface area contributed by atoms with Crippen molar-refractivity contribution in [3.63, 3.8) is 0 Å². The van der Waals surface area contributed by atoms with Crippen LogP contribution in [-0.2, 0) is 4.74 Å². The third-order valence-electron chi connectivity index (χ3n) is 5.26. The zero-order valence-corrected chi connectivity index (χ0v) is 16.0. The van der Waals surface area contributed by atoms with Gasteiger partial charge in [0.2, 0.25) is 0 Å². The predicted molar refractivity (Wildman–Crippen MR) is 110 cm³/mol. The summed E-state index contributed by atoms with van der Waals surface area (Å²) in [5.41, 5.74) is 0.821. The highest BCUT2D eigenvalue weighted by atomic mass is 16.5. The lowest BCUT2D eigenvalue weighted by Gasteiger charge is -2.39. The molecule has 4 rings (SSSR count). The summed E-state index contributed by atoms with van der Waals surface area (Å²) in [5.74, 6) is 1.04. The largest absolute Gasteiger partial charge is 0.373 e. The van der Waals surface area contributed by atoms with E-state index < -0.39 is 0 Å². The Morgan fingerprint density at radius 3 is 2.57 bits per heavy atom. The summed E-state index contributed by atoms with van der Waals surface area (Å²) < 4.78 is 5.93. The van der Waals surface area contributed by atoms with Gasteiger partial charge in [0.1, 0.15) is 5.82 Å². The van der Waals surface area contributed by atoms with E-state index in [0.717, 1.165) is 44.2 Å². The zero-order valence-electron chi connectivity index (χ0n) is 16.0. The molecule has 0 saturated carbocycles. The van der Waals surface area contributed by atoms with Crippen molar-refractivity contribution in [1.29, 1.82) is 0 Å². The van der Waals surface area contributed by atoms with Crippen molar-refractivity contribution in [2.45, 2.75) is 6.10 Å². The topological polar surface area (TPSA) is 60.9 Å². The number of amides is 2. The highest BCUT2D eigenvalue weighted by Gasteiger charge is 2.27. The van der Waals surface area contributed by atoms with Crippen LogP contribution in [0.15, 0.2) is 54.7 Å². The van der Waals surface area contributed by atoms with Crippen LogP contribution in [0.2, 0.25) is 0 Å². The molecule has 2 aliphatic rings. The van der Waals surface area contributed by atoms with Crippen LogP contribution in [0.4, 0.5) is 16.3 Å². The number of hydrogen-bond acceptors (Lipinski definition) is 5. The number of para-hydroxylation sites is 1. The van der Waals surface area contributed by atoms with Gasteiger partial charge >= 0.3 is 6.03 Å². The Kier molecular flexibility index (Phi) is 6.04. The molecule has 0 bridgehead atoms. The average Bonchev–Trinajstić information content (AvgIpc) is 2.76. The predicted octanol–water partition coefficient (Wildman–Crippen LogP) is 2.14. The van der Waals surface area contributed by atoms with Gasteiger partial charge in [-0.15, -0.1) is 0 Å². The number of urea groups is 1. The van der Waals surface area contributed by atoms with Crippen molar-refractivity contribution in [3.05, 3.63) is 54.7 Å². The third kappa shape index (κ3) is 4.79. The monoisotopic (exact) mass is 381 g/mol. The number of ether oxygens (including phenoxy) is 1. The summed E-state index contributed by atoms with van der Waals surface area (Å²) in [6.07, 6.45) is 1.89. The van der Waals surface area contributed by atoms with Crippen LogP contribution in [0.25, 0.3) is 0 Å². The lowest BCUT2D eigenvalue weighted by atomic mass is 10.2. The van der Waals surface area contributed by atoms with Gasteiger partial charge in [-0.2, -0.15) is 0 Å². The van der Waals surface area contributed by atoms with E-state index in [1.165, 1.54) is 0 Å². The van der Waals surface area contributed by atoms with Gasteiger partial charge in [-0.05, 0) is 24.3 Å². The molecule has 0 aliphatic carbocycles. The van der Waals surface area contributed by atoms with Gasteiger partial charge < -0.3 is 19.9 Å². The number of nitrogens with zero attached hydrogens (tertiary/aromatic N) is 4. The van der Waals surface area contributed by atoms with Crippen molar-refractivity contribution in [3.8, 4) is 0 Å². The second-order valence-electron chi connectivity index (χ2n) is 7.21. The van der Waals surface area contributed by atoms with E-state index in [1.807, 2.05) is 53.6 Å². The van der Waals surface area contributed by atoms with Crippen molar-refractivity contribution >= 4 is 17.5 Å². The van der Waals surface area contributed by atoms with Crippen LogP contribution in [0.1, 0.15) is 0 Å². The lowest BCUT2D eigenvalue weighted by molar-refractivity contribution is -0.0295. The first-order valence-electron chi connectivity index (χ1n) is 9.89. The van der Waals surface area contributed by atoms with E-state index >= 15 is 0 Å². The molecule has 3 heterocycles. The van der Waals surface area contributed by atoms with Gasteiger partial charge in [0, 0.05) is 57.7 Å². The van der Waals surface area contributed by atoms with Crippen molar-refractivity contribution in [2.75, 3.05) is 62.6 Å². The Morgan fingerprint density at radius 2 is 1.82 bits per heavy atom. The number of anilines is 2. The number of piperazine rings is 1. The van der Waals surface area contributed by atoms with Crippen LogP contribution in [0.5, 0.6) is 0 Å². The van der Waals surface area contributed by atoms with Crippen LogP contribution < -0.4 is 10.2 Å². The van der Waals surface area contributed by atoms with Gasteiger partial charge in [0.05, 0.1) is 12.7 Å². The van der Waals surface area contributed by atoms with E-state index in [9.17, 15) is 4.79 Å². The minimum absolute atomic E-state index is 0.0525. The first-order chi connectivity index (χ1) is 13.8. The Hall–Kier alpha value is -2.64. The molecule has 148 valence electrons. The molecule has 7 heteroatoms. The fourth-order valence-corrected chi connectivity index (χ4v) is 3.73. The van der Waals surface area contributed by atoms with Gasteiger partial charge in [0.15, 0.2) is 0 Å². The summed E-state index contributed by atoms with van der Waals surface area (Å²) in [5, 5.41) is 2.96. The SMILES string of the molecule is O=C(Nc1ccccc1)N1CCO[C@H](CN2CCN(c3ccccn3)CC2)C1.